The van der Waals surface area contributed by atoms with Crippen LogP contribution in [0.25, 0.3) is 0 Å². The highest BCUT2D eigenvalue weighted by Crippen LogP contribution is 2.19. The zero-order valence-corrected chi connectivity index (χ0v) is 14.3. The van der Waals surface area contributed by atoms with Crippen LogP contribution in [0.1, 0.15) is 12.5 Å². The molecule has 1 fully saturated rings. The summed E-state index contributed by atoms with van der Waals surface area (Å²) in [6.07, 6.45) is 1.65. The van der Waals surface area contributed by atoms with Gasteiger partial charge in [-0.1, -0.05) is 25.1 Å². The molecule has 7 nitrogen and oxygen atoms in total. The number of ether oxygens (including phenoxy) is 1. The Bertz CT molecular complexity index is 657. The molecule has 7 heteroatoms. The van der Waals surface area contributed by atoms with Crippen LogP contribution in [-0.4, -0.2) is 59.9 Å². The monoisotopic (exact) mass is 328 g/mol. The van der Waals surface area contributed by atoms with Gasteiger partial charge in [-0.2, -0.15) is 10.1 Å². The molecule has 1 N–H and O–H groups in total. The highest BCUT2D eigenvalue weighted by Gasteiger charge is 2.18. The second kappa shape index (κ2) is 7.92. The third-order valence-corrected chi connectivity index (χ3v) is 4.30. The first-order chi connectivity index (χ1) is 11.8. The molecule has 128 valence electrons. The molecule has 2 aromatic rings. The summed E-state index contributed by atoms with van der Waals surface area (Å²) >= 11 is 0. The number of nitrogens with one attached hydrogen (secondary N) is 1. The van der Waals surface area contributed by atoms with E-state index >= 15 is 0 Å². The van der Waals surface area contributed by atoms with E-state index in [2.05, 4.69) is 37.2 Å². The van der Waals surface area contributed by atoms with E-state index in [0.717, 1.165) is 49.9 Å². The topological polar surface area (TPSA) is 66.4 Å². The Morgan fingerprint density at radius 3 is 2.71 bits per heavy atom. The van der Waals surface area contributed by atoms with Crippen molar-refractivity contribution in [3.8, 4) is 5.75 Å². The van der Waals surface area contributed by atoms with Gasteiger partial charge in [0, 0.05) is 38.3 Å². The molecule has 0 radical (unpaired) electrons. The van der Waals surface area contributed by atoms with Gasteiger partial charge in [0.25, 0.3) is 0 Å². The highest BCUT2D eigenvalue weighted by molar-refractivity contribution is 5.42. The Labute approximate surface area is 142 Å². The van der Waals surface area contributed by atoms with Crippen LogP contribution in [0.2, 0.25) is 0 Å². The number of piperazine rings is 1. The molecule has 0 spiro atoms. The number of benzene rings is 1. The Kier molecular flexibility index (Phi) is 5.43. The van der Waals surface area contributed by atoms with Crippen molar-refractivity contribution < 1.29 is 4.74 Å². The average Bonchev–Trinajstić information content (AvgIpc) is 2.67. The summed E-state index contributed by atoms with van der Waals surface area (Å²) < 4.78 is 5.37. The Hall–Kier alpha value is -2.41. The average molecular weight is 328 g/mol. The zero-order valence-electron chi connectivity index (χ0n) is 14.3. The summed E-state index contributed by atoms with van der Waals surface area (Å²) in [4.78, 5) is 9.21. The SMILES string of the molecule is CCN1CCN(c2nncc(NCc3ccccc3OC)n2)CC1. The molecule has 1 aromatic carbocycles. The number of rotatable bonds is 6. The van der Waals surface area contributed by atoms with E-state index in [9.17, 15) is 0 Å². The number of methoxy groups -OCH3 is 1. The summed E-state index contributed by atoms with van der Waals surface area (Å²) in [5.41, 5.74) is 1.08. The summed E-state index contributed by atoms with van der Waals surface area (Å²) in [5, 5.41) is 11.6. The number of anilines is 2. The van der Waals surface area contributed by atoms with Gasteiger partial charge in [-0.15, -0.1) is 5.10 Å². The Morgan fingerprint density at radius 2 is 1.96 bits per heavy atom. The maximum atomic E-state index is 5.37. The molecule has 0 amide bonds. The fourth-order valence-electron chi connectivity index (χ4n) is 2.81. The van der Waals surface area contributed by atoms with E-state index in [1.54, 1.807) is 13.3 Å². The summed E-state index contributed by atoms with van der Waals surface area (Å²) in [6, 6.07) is 7.94. The minimum Gasteiger partial charge on any atom is -0.496 e. The molecule has 0 saturated carbocycles. The molecule has 3 rings (SSSR count). The van der Waals surface area contributed by atoms with E-state index in [4.69, 9.17) is 4.74 Å². The molecule has 1 aliphatic rings. The van der Waals surface area contributed by atoms with Crippen molar-refractivity contribution in [3.63, 3.8) is 0 Å². The van der Waals surface area contributed by atoms with Crippen molar-refractivity contribution in [2.75, 3.05) is 50.1 Å². The lowest BCUT2D eigenvalue weighted by Gasteiger charge is -2.33. The standard InChI is InChI=1S/C17H24N6O/c1-3-22-8-10-23(11-9-22)17-20-16(13-19-21-17)18-12-14-6-4-5-7-15(14)24-2/h4-7,13H,3,8-12H2,1-2H3,(H,18,20,21). The molecule has 1 aromatic heterocycles. The largest absolute Gasteiger partial charge is 0.496 e. The first-order valence-electron chi connectivity index (χ1n) is 8.33. The fraction of sp³-hybridized carbons (Fsp3) is 0.471. The van der Waals surface area contributed by atoms with Crippen LogP contribution in [0.4, 0.5) is 11.8 Å². The third-order valence-electron chi connectivity index (χ3n) is 4.30. The predicted molar refractivity (Wildman–Crippen MR) is 94.5 cm³/mol. The van der Waals surface area contributed by atoms with Gasteiger partial charge in [0.1, 0.15) is 5.75 Å². The number of likely N-dealkylation sites (N-methyl/N-ethyl adjacent to an activating group) is 1. The molecular weight excluding hydrogens is 304 g/mol. The number of aromatic nitrogens is 3. The summed E-state index contributed by atoms with van der Waals surface area (Å²) in [7, 11) is 1.68. The fourth-order valence-corrected chi connectivity index (χ4v) is 2.81. The van der Waals surface area contributed by atoms with Crippen molar-refractivity contribution in [3.05, 3.63) is 36.0 Å². The Morgan fingerprint density at radius 1 is 1.17 bits per heavy atom. The maximum absolute atomic E-state index is 5.37. The third kappa shape index (κ3) is 3.91. The van der Waals surface area contributed by atoms with Gasteiger partial charge in [-0.25, -0.2) is 0 Å². The van der Waals surface area contributed by atoms with Crippen LogP contribution >= 0.6 is 0 Å². The molecule has 0 bridgehead atoms. The molecule has 0 aliphatic carbocycles. The van der Waals surface area contributed by atoms with Crippen LogP contribution in [0.15, 0.2) is 30.5 Å². The molecule has 2 heterocycles. The van der Waals surface area contributed by atoms with E-state index in [0.29, 0.717) is 12.5 Å². The summed E-state index contributed by atoms with van der Waals surface area (Å²) in [6.45, 7) is 7.86. The molecule has 1 aliphatic heterocycles. The van der Waals surface area contributed by atoms with Crippen molar-refractivity contribution in [2.24, 2.45) is 0 Å². The first-order valence-corrected chi connectivity index (χ1v) is 8.33. The van der Waals surface area contributed by atoms with E-state index < -0.39 is 0 Å². The Balaban J connectivity index is 1.63. The normalized spacial score (nSPS) is 15.3. The van der Waals surface area contributed by atoms with Crippen LogP contribution in [0.3, 0.4) is 0 Å². The number of hydrogen-bond donors (Lipinski definition) is 1. The van der Waals surface area contributed by atoms with E-state index in [1.807, 2.05) is 24.3 Å². The van der Waals surface area contributed by atoms with Crippen molar-refractivity contribution in [2.45, 2.75) is 13.5 Å². The molecule has 0 atom stereocenters. The lowest BCUT2D eigenvalue weighted by atomic mass is 10.2. The van der Waals surface area contributed by atoms with Gasteiger partial charge >= 0.3 is 0 Å². The molecule has 1 saturated heterocycles. The van der Waals surface area contributed by atoms with Crippen LogP contribution < -0.4 is 15.0 Å². The summed E-state index contributed by atoms with van der Waals surface area (Å²) in [5.74, 6) is 2.28. The van der Waals surface area contributed by atoms with Gasteiger partial charge in [-0.05, 0) is 12.6 Å². The first kappa shape index (κ1) is 16.4. The smallest absolute Gasteiger partial charge is 0.247 e. The van der Waals surface area contributed by atoms with E-state index in [-0.39, 0.29) is 0 Å². The highest BCUT2D eigenvalue weighted by atomic mass is 16.5. The molecular formula is C17H24N6O. The number of hydrogen-bond acceptors (Lipinski definition) is 7. The van der Waals surface area contributed by atoms with Crippen LogP contribution in [0, 0.1) is 0 Å². The maximum Gasteiger partial charge on any atom is 0.247 e. The predicted octanol–water partition coefficient (Wildman–Crippen LogP) is 1.63. The van der Waals surface area contributed by atoms with Gasteiger partial charge in [-0.3, -0.25) is 0 Å². The van der Waals surface area contributed by atoms with Gasteiger partial charge in [0.15, 0.2) is 5.82 Å². The minimum absolute atomic E-state index is 0.631. The van der Waals surface area contributed by atoms with E-state index in [1.165, 1.54) is 0 Å². The lowest BCUT2D eigenvalue weighted by Crippen LogP contribution is -2.46. The zero-order chi connectivity index (χ0) is 16.8. The number of para-hydroxylation sites is 1. The van der Waals surface area contributed by atoms with Crippen molar-refractivity contribution in [1.82, 2.24) is 20.1 Å². The van der Waals surface area contributed by atoms with Crippen LogP contribution in [-0.2, 0) is 6.54 Å². The van der Waals surface area contributed by atoms with Gasteiger partial charge in [0.2, 0.25) is 5.95 Å². The second-order valence-electron chi connectivity index (χ2n) is 5.73. The minimum atomic E-state index is 0.631. The van der Waals surface area contributed by atoms with Crippen molar-refractivity contribution >= 4 is 11.8 Å². The van der Waals surface area contributed by atoms with Gasteiger partial charge < -0.3 is 19.9 Å². The molecule has 0 unspecified atom stereocenters. The number of nitrogens with zero attached hydrogens (tertiary/aromatic N) is 5. The van der Waals surface area contributed by atoms with Gasteiger partial charge in [0.05, 0.1) is 13.3 Å². The lowest BCUT2D eigenvalue weighted by molar-refractivity contribution is 0.269. The second-order valence-corrected chi connectivity index (χ2v) is 5.73. The molecule has 24 heavy (non-hydrogen) atoms. The quantitative estimate of drug-likeness (QED) is 0.864. The van der Waals surface area contributed by atoms with Crippen molar-refractivity contribution in [1.29, 1.82) is 0 Å². The van der Waals surface area contributed by atoms with Crippen LogP contribution in [0.5, 0.6) is 5.75 Å².